The summed E-state index contributed by atoms with van der Waals surface area (Å²) in [5.41, 5.74) is 7.68. The van der Waals surface area contributed by atoms with Crippen molar-refractivity contribution >= 4 is 5.82 Å². The van der Waals surface area contributed by atoms with Gasteiger partial charge in [-0.3, -0.25) is 0 Å². The van der Waals surface area contributed by atoms with E-state index in [0.29, 0.717) is 18.3 Å². The van der Waals surface area contributed by atoms with Gasteiger partial charge < -0.3 is 20.6 Å². The number of rotatable bonds is 3. The van der Waals surface area contributed by atoms with E-state index in [1.165, 1.54) is 0 Å². The molecule has 0 aromatic carbocycles. The topological polar surface area (TPSA) is 65.6 Å². The molecule has 1 saturated heterocycles. The Morgan fingerprint density at radius 3 is 2.89 bits per heavy atom. The number of anilines is 1. The molecule has 5 heteroatoms. The quantitative estimate of drug-likeness (QED) is 0.839. The number of likely N-dealkylation sites (N-methyl/N-ethyl adjacent to an activating group) is 2. The van der Waals surface area contributed by atoms with Crippen LogP contribution in [0.25, 0.3) is 0 Å². The summed E-state index contributed by atoms with van der Waals surface area (Å²) >= 11 is 0. The highest BCUT2D eigenvalue weighted by molar-refractivity contribution is 5.45. The smallest absolute Gasteiger partial charge is 0.129 e. The first-order valence-corrected chi connectivity index (χ1v) is 6.77. The number of piperazine rings is 1. The van der Waals surface area contributed by atoms with E-state index in [1.807, 2.05) is 13.0 Å². The van der Waals surface area contributed by atoms with Gasteiger partial charge in [0.15, 0.2) is 0 Å². The molecular formula is C14H24N4O. The number of hydrogen-bond acceptors (Lipinski definition) is 5. The SMILES string of the molecule is Cc1ccnc(N)c1C(O)CC1CN(C)CCN1C. The lowest BCUT2D eigenvalue weighted by Crippen LogP contribution is -2.50. The number of nitrogen functional groups attached to an aromatic ring is 1. The van der Waals surface area contributed by atoms with Gasteiger partial charge in [0.1, 0.15) is 5.82 Å². The molecule has 2 unspecified atom stereocenters. The maximum atomic E-state index is 10.5. The Bertz CT molecular complexity index is 417. The number of nitrogens with two attached hydrogens (primary N) is 1. The molecule has 1 aromatic rings. The fourth-order valence-electron chi connectivity index (χ4n) is 2.76. The lowest BCUT2D eigenvalue weighted by Gasteiger charge is -2.38. The van der Waals surface area contributed by atoms with Crippen LogP contribution in [-0.2, 0) is 0 Å². The van der Waals surface area contributed by atoms with E-state index >= 15 is 0 Å². The third-order valence-corrected chi connectivity index (χ3v) is 4.05. The standard InChI is InChI=1S/C14H24N4O/c1-10-4-5-16-14(15)13(10)12(19)8-11-9-17(2)6-7-18(11)3/h4-5,11-12,19H,6-9H2,1-3H3,(H2,15,16). The van der Waals surface area contributed by atoms with Gasteiger partial charge in [-0.05, 0) is 39.1 Å². The van der Waals surface area contributed by atoms with Crippen molar-refractivity contribution in [3.05, 3.63) is 23.4 Å². The summed E-state index contributed by atoms with van der Waals surface area (Å²) in [5.74, 6) is 0.444. The minimum Gasteiger partial charge on any atom is -0.388 e. The van der Waals surface area contributed by atoms with Crippen molar-refractivity contribution in [1.29, 1.82) is 0 Å². The van der Waals surface area contributed by atoms with Crippen LogP contribution in [0.4, 0.5) is 5.82 Å². The molecule has 1 aliphatic rings. The Morgan fingerprint density at radius 2 is 2.21 bits per heavy atom. The zero-order chi connectivity index (χ0) is 14.0. The highest BCUT2D eigenvalue weighted by Gasteiger charge is 2.26. The molecule has 0 saturated carbocycles. The molecule has 2 heterocycles. The summed E-state index contributed by atoms with van der Waals surface area (Å²) in [7, 11) is 4.24. The monoisotopic (exact) mass is 264 g/mol. The van der Waals surface area contributed by atoms with Crippen molar-refractivity contribution in [2.45, 2.75) is 25.5 Å². The summed E-state index contributed by atoms with van der Waals surface area (Å²) in [4.78, 5) is 8.69. The van der Waals surface area contributed by atoms with Crippen molar-refractivity contribution in [2.75, 3.05) is 39.5 Å². The van der Waals surface area contributed by atoms with Crippen LogP contribution in [0.15, 0.2) is 12.3 Å². The van der Waals surface area contributed by atoms with Crippen molar-refractivity contribution in [3.63, 3.8) is 0 Å². The fraction of sp³-hybridized carbons (Fsp3) is 0.643. The Labute approximate surface area is 115 Å². The summed E-state index contributed by atoms with van der Waals surface area (Å²) in [6.45, 7) is 5.06. The van der Waals surface area contributed by atoms with E-state index in [9.17, 15) is 5.11 Å². The van der Waals surface area contributed by atoms with Crippen molar-refractivity contribution in [2.24, 2.45) is 0 Å². The normalized spacial score (nSPS) is 23.5. The molecule has 2 atom stereocenters. The van der Waals surface area contributed by atoms with Crippen LogP contribution >= 0.6 is 0 Å². The van der Waals surface area contributed by atoms with Gasteiger partial charge in [-0.2, -0.15) is 0 Å². The summed E-state index contributed by atoms with van der Waals surface area (Å²) in [6, 6.07) is 2.25. The molecule has 0 aliphatic carbocycles. The average molecular weight is 264 g/mol. The van der Waals surface area contributed by atoms with Gasteiger partial charge >= 0.3 is 0 Å². The molecule has 0 amide bonds. The van der Waals surface area contributed by atoms with Gasteiger partial charge in [-0.25, -0.2) is 4.98 Å². The van der Waals surface area contributed by atoms with Crippen LogP contribution < -0.4 is 5.73 Å². The molecule has 1 fully saturated rings. The molecule has 0 spiro atoms. The van der Waals surface area contributed by atoms with E-state index in [2.05, 4.69) is 28.9 Å². The third kappa shape index (κ3) is 3.23. The van der Waals surface area contributed by atoms with Crippen LogP contribution in [0.3, 0.4) is 0 Å². The molecule has 0 radical (unpaired) electrons. The molecule has 1 aliphatic heterocycles. The average Bonchev–Trinajstić information content (AvgIpc) is 2.33. The molecule has 5 nitrogen and oxygen atoms in total. The first kappa shape index (κ1) is 14.2. The molecular weight excluding hydrogens is 240 g/mol. The summed E-state index contributed by atoms with van der Waals surface area (Å²) in [6.07, 6.45) is 1.83. The molecule has 106 valence electrons. The van der Waals surface area contributed by atoms with E-state index in [4.69, 9.17) is 5.73 Å². The van der Waals surface area contributed by atoms with Crippen LogP contribution in [0.5, 0.6) is 0 Å². The minimum absolute atomic E-state index is 0.354. The van der Waals surface area contributed by atoms with E-state index in [-0.39, 0.29) is 0 Å². The number of aliphatic hydroxyl groups is 1. The Morgan fingerprint density at radius 1 is 1.47 bits per heavy atom. The second-order valence-corrected chi connectivity index (χ2v) is 5.57. The number of nitrogens with zero attached hydrogens (tertiary/aromatic N) is 3. The molecule has 3 N–H and O–H groups in total. The number of pyridine rings is 1. The number of aryl methyl sites for hydroxylation is 1. The van der Waals surface area contributed by atoms with Gasteiger partial charge in [0, 0.05) is 37.4 Å². The van der Waals surface area contributed by atoms with Crippen molar-refractivity contribution < 1.29 is 5.11 Å². The van der Waals surface area contributed by atoms with Crippen molar-refractivity contribution in [1.82, 2.24) is 14.8 Å². The van der Waals surface area contributed by atoms with Gasteiger partial charge in [0.05, 0.1) is 6.10 Å². The van der Waals surface area contributed by atoms with Crippen LogP contribution in [0.1, 0.15) is 23.7 Å². The second-order valence-electron chi connectivity index (χ2n) is 5.57. The van der Waals surface area contributed by atoms with Crippen LogP contribution in [0.2, 0.25) is 0 Å². The second kappa shape index (κ2) is 5.86. The molecule has 2 rings (SSSR count). The van der Waals surface area contributed by atoms with E-state index in [0.717, 1.165) is 30.8 Å². The van der Waals surface area contributed by atoms with Crippen LogP contribution in [-0.4, -0.2) is 59.7 Å². The number of hydrogen-bond donors (Lipinski definition) is 2. The summed E-state index contributed by atoms with van der Waals surface area (Å²) < 4.78 is 0. The molecule has 0 bridgehead atoms. The highest BCUT2D eigenvalue weighted by atomic mass is 16.3. The van der Waals surface area contributed by atoms with Gasteiger partial charge in [-0.1, -0.05) is 0 Å². The first-order chi connectivity index (χ1) is 8.99. The lowest BCUT2D eigenvalue weighted by molar-refractivity contribution is 0.0634. The van der Waals surface area contributed by atoms with E-state index < -0.39 is 6.10 Å². The molecule has 1 aromatic heterocycles. The zero-order valence-corrected chi connectivity index (χ0v) is 12.0. The van der Waals surface area contributed by atoms with Gasteiger partial charge in [0.2, 0.25) is 0 Å². The predicted octanol–water partition coefficient (Wildman–Crippen LogP) is 0.642. The first-order valence-electron chi connectivity index (χ1n) is 6.77. The highest BCUT2D eigenvalue weighted by Crippen LogP contribution is 2.27. The Kier molecular flexibility index (Phi) is 4.39. The van der Waals surface area contributed by atoms with Gasteiger partial charge in [-0.15, -0.1) is 0 Å². The zero-order valence-electron chi connectivity index (χ0n) is 12.0. The number of aromatic nitrogens is 1. The Hall–Kier alpha value is -1.17. The van der Waals surface area contributed by atoms with E-state index in [1.54, 1.807) is 6.20 Å². The number of aliphatic hydroxyl groups excluding tert-OH is 1. The Balaban J connectivity index is 2.10. The third-order valence-electron chi connectivity index (χ3n) is 4.05. The minimum atomic E-state index is -0.548. The predicted molar refractivity (Wildman–Crippen MR) is 76.9 cm³/mol. The summed E-state index contributed by atoms with van der Waals surface area (Å²) in [5, 5.41) is 10.5. The lowest BCUT2D eigenvalue weighted by atomic mass is 9.97. The maximum Gasteiger partial charge on any atom is 0.129 e. The fourth-order valence-corrected chi connectivity index (χ4v) is 2.76. The largest absolute Gasteiger partial charge is 0.388 e. The van der Waals surface area contributed by atoms with Crippen LogP contribution in [0, 0.1) is 6.92 Å². The van der Waals surface area contributed by atoms with Gasteiger partial charge in [0.25, 0.3) is 0 Å². The maximum absolute atomic E-state index is 10.5. The van der Waals surface area contributed by atoms with Crippen molar-refractivity contribution in [3.8, 4) is 0 Å². The molecule has 19 heavy (non-hydrogen) atoms.